The molecule has 0 bridgehead atoms. The van der Waals surface area contributed by atoms with E-state index < -0.39 is 17.5 Å². The van der Waals surface area contributed by atoms with E-state index in [9.17, 15) is 14.4 Å². The molecule has 6 nitrogen and oxygen atoms in total. The SMILES string of the molecule is CC(C)c1ccc([C@@]2(C)NC(=O)N(CC(=O)NCCSc3ccccc3)C2=O)cc1. The third kappa shape index (κ3) is 4.84. The summed E-state index contributed by atoms with van der Waals surface area (Å²) >= 11 is 1.63. The molecule has 2 N–H and O–H groups in total. The van der Waals surface area contributed by atoms with E-state index in [-0.39, 0.29) is 12.5 Å². The molecular weight excluding hydrogens is 398 g/mol. The van der Waals surface area contributed by atoms with Gasteiger partial charge in [-0.15, -0.1) is 11.8 Å². The minimum Gasteiger partial charge on any atom is -0.354 e. The standard InChI is InChI=1S/C23H27N3O3S/c1-16(2)17-9-11-18(12-10-17)23(3)21(28)26(22(29)25-23)15-20(27)24-13-14-30-19-7-5-4-6-8-19/h4-12,16H,13-15H2,1-3H3,(H,24,27)(H,25,29)/t23-/m1/s1. The highest BCUT2D eigenvalue weighted by Crippen LogP contribution is 2.29. The van der Waals surface area contributed by atoms with E-state index >= 15 is 0 Å². The van der Waals surface area contributed by atoms with Crippen LogP contribution in [0.4, 0.5) is 4.79 Å². The van der Waals surface area contributed by atoms with E-state index in [4.69, 9.17) is 0 Å². The van der Waals surface area contributed by atoms with Crippen molar-refractivity contribution in [3.05, 3.63) is 65.7 Å². The van der Waals surface area contributed by atoms with Crippen molar-refractivity contribution in [3.8, 4) is 0 Å². The molecule has 0 unspecified atom stereocenters. The van der Waals surface area contributed by atoms with Gasteiger partial charge in [-0.25, -0.2) is 4.79 Å². The Morgan fingerprint density at radius 3 is 2.40 bits per heavy atom. The maximum Gasteiger partial charge on any atom is 0.325 e. The van der Waals surface area contributed by atoms with Crippen molar-refractivity contribution in [1.82, 2.24) is 15.5 Å². The van der Waals surface area contributed by atoms with Gasteiger partial charge in [0, 0.05) is 17.2 Å². The topological polar surface area (TPSA) is 78.5 Å². The fourth-order valence-electron chi connectivity index (χ4n) is 3.31. The Kier molecular flexibility index (Phi) is 6.82. The van der Waals surface area contributed by atoms with E-state index in [1.165, 1.54) is 0 Å². The highest BCUT2D eigenvalue weighted by molar-refractivity contribution is 7.99. The molecule has 4 amide bonds. The van der Waals surface area contributed by atoms with Crippen LogP contribution in [0.3, 0.4) is 0 Å². The Balaban J connectivity index is 1.55. The number of amides is 4. The van der Waals surface area contributed by atoms with Gasteiger partial charge in [0.05, 0.1) is 0 Å². The Labute approximate surface area is 181 Å². The normalized spacial score (nSPS) is 18.6. The number of imide groups is 1. The van der Waals surface area contributed by atoms with E-state index in [2.05, 4.69) is 24.5 Å². The second-order valence-corrected chi connectivity index (χ2v) is 8.90. The predicted octanol–water partition coefficient (Wildman–Crippen LogP) is 3.49. The molecule has 1 saturated heterocycles. The van der Waals surface area contributed by atoms with Crippen LogP contribution in [0, 0.1) is 0 Å². The van der Waals surface area contributed by atoms with Crippen molar-refractivity contribution >= 4 is 29.6 Å². The average Bonchev–Trinajstić information content (AvgIpc) is 2.96. The summed E-state index contributed by atoms with van der Waals surface area (Å²) in [6.07, 6.45) is 0. The molecule has 2 aromatic rings. The molecule has 0 aromatic heterocycles. The first kappa shape index (κ1) is 21.9. The molecule has 30 heavy (non-hydrogen) atoms. The number of rotatable bonds is 8. The molecule has 0 aliphatic carbocycles. The van der Waals surface area contributed by atoms with Crippen molar-refractivity contribution in [2.45, 2.75) is 37.1 Å². The first-order valence-corrected chi connectivity index (χ1v) is 11.0. The molecule has 1 heterocycles. The molecule has 3 rings (SSSR count). The largest absolute Gasteiger partial charge is 0.354 e. The summed E-state index contributed by atoms with van der Waals surface area (Å²) < 4.78 is 0. The van der Waals surface area contributed by atoms with E-state index in [1.807, 2.05) is 54.6 Å². The van der Waals surface area contributed by atoms with Gasteiger partial charge in [0.2, 0.25) is 5.91 Å². The molecule has 7 heteroatoms. The molecule has 1 aliphatic heterocycles. The fourth-order valence-corrected chi connectivity index (χ4v) is 4.10. The number of hydrogen-bond donors (Lipinski definition) is 2. The summed E-state index contributed by atoms with van der Waals surface area (Å²) in [5.74, 6) is 0.307. The number of nitrogens with zero attached hydrogens (tertiary/aromatic N) is 1. The highest BCUT2D eigenvalue weighted by Gasteiger charge is 2.49. The number of benzene rings is 2. The number of thioether (sulfide) groups is 1. The van der Waals surface area contributed by atoms with Crippen LogP contribution in [0.1, 0.15) is 37.8 Å². The second kappa shape index (κ2) is 9.34. The van der Waals surface area contributed by atoms with Crippen LogP contribution in [0.15, 0.2) is 59.5 Å². The van der Waals surface area contributed by atoms with Crippen molar-refractivity contribution < 1.29 is 14.4 Å². The molecule has 158 valence electrons. The Morgan fingerprint density at radius 2 is 1.77 bits per heavy atom. The van der Waals surface area contributed by atoms with Crippen LogP contribution >= 0.6 is 11.8 Å². The summed E-state index contributed by atoms with van der Waals surface area (Å²) in [6, 6.07) is 17.0. The number of carbonyl (C=O) groups excluding carboxylic acids is 3. The van der Waals surface area contributed by atoms with Gasteiger partial charge in [0.25, 0.3) is 5.91 Å². The zero-order chi connectivity index (χ0) is 21.7. The quantitative estimate of drug-likeness (QED) is 0.386. The predicted molar refractivity (Wildman–Crippen MR) is 118 cm³/mol. The molecule has 0 radical (unpaired) electrons. The summed E-state index contributed by atoms with van der Waals surface area (Å²) in [6.45, 7) is 6.03. The number of urea groups is 1. The van der Waals surface area contributed by atoms with Gasteiger partial charge in [0.1, 0.15) is 12.1 Å². The Morgan fingerprint density at radius 1 is 1.10 bits per heavy atom. The van der Waals surface area contributed by atoms with E-state index in [1.54, 1.807) is 18.7 Å². The van der Waals surface area contributed by atoms with E-state index in [0.29, 0.717) is 23.8 Å². The van der Waals surface area contributed by atoms with Crippen LogP contribution < -0.4 is 10.6 Å². The molecule has 0 spiro atoms. The Bertz CT molecular complexity index is 915. The highest BCUT2D eigenvalue weighted by atomic mass is 32.2. The van der Waals surface area contributed by atoms with Crippen molar-refractivity contribution in [2.24, 2.45) is 0 Å². The van der Waals surface area contributed by atoms with Crippen LogP contribution in [0.2, 0.25) is 0 Å². The lowest BCUT2D eigenvalue weighted by atomic mass is 9.90. The molecule has 1 fully saturated rings. The van der Waals surface area contributed by atoms with Crippen LogP contribution in [-0.2, 0) is 15.1 Å². The number of carbonyl (C=O) groups is 3. The average molecular weight is 426 g/mol. The molecular formula is C23H27N3O3S. The zero-order valence-electron chi connectivity index (χ0n) is 17.5. The minimum absolute atomic E-state index is 0.291. The monoisotopic (exact) mass is 425 g/mol. The lowest BCUT2D eigenvalue weighted by molar-refractivity contribution is -0.134. The van der Waals surface area contributed by atoms with Gasteiger partial charge >= 0.3 is 6.03 Å². The lowest BCUT2D eigenvalue weighted by Crippen LogP contribution is -2.43. The summed E-state index contributed by atoms with van der Waals surface area (Å²) in [7, 11) is 0. The Hall–Kier alpha value is -2.80. The molecule has 2 aromatic carbocycles. The van der Waals surface area contributed by atoms with Gasteiger partial charge in [-0.3, -0.25) is 14.5 Å². The fraction of sp³-hybridized carbons (Fsp3) is 0.348. The second-order valence-electron chi connectivity index (χ2n) is 7.73. The van der Waals surface area contributed by atoms with Crippen LogP contribution in [0.25, 0.3) is 0 Å². The molecule has 1 aliphatic rings. The lowest BCUT2D eigenvalue weighted by Gasteiger charge is -2.22. The van der Waals surface area contributed by atoms with Gasteiger partial charge in [-0.05, 0) is 36.1 Å². The first-order chi connectivity index (χ1) is 14.3. The van der Waals surface area contributed by atoms with Crippen LogP contribution in [0.5, 0.6) is 0 Å². The van der Waals surface area contributed by atoms with Crippen molar-refractivity contribution in [1.29, 1.82) is 0 Å². The van der Waals surface area contributed by atoms with Crippen LogP contribution in [-0.4, -0.2) is 41.6 Å². The zero-order valence-corrected chi connectivity index (χ0v) is 18.3. The molecule has 0 saturated carbocycles. The summed E-state index contributed by atoms with van der Waals surface area (Å²) in [5.41, 5.74) is 0.687. The third-order valence-corrected chi connectivity index (χ3v) is 6.18. The maximum atomic E-state index is 13.0. The van der Waals surface area contributed by atoms with Crippen molar-refractivity contribution in [3.63, 3.8) is 0 Å². The van der Waals surface area contributed by atoms with E-state index in [0.717, 1.165) is 15.4 Å². The summed E-state index contributed by atoms with van der Waals surface area (Å²) in [5, 5.41) is 5.52. The summed E-state index contributed by atoms with van der Waals surface area (Å²) in [4.78, 5) is 39.8. The van der Waals surface area contributed by atoms with Gasteiger partial charge in [0.15, 0.2) is 0 Å². The minimum atomic E-state index is -1.17. The molecule has 1 atom stereocenters. The van der Waals surface area contributed by atoms with Crippen molar-refractivity contribution in [2.75, 3.05) is 18.8 Å². The first-order valence-electron chi connectivity index (χ1n) is 10.0. The van der Waals surface area contributed by atoms with Gasteiger partial charge in [-0.2, -0.15) is 0 Å². The number of nitrogens with one attached hydrogen (secondary N) is 2. The number of hydrogen-bond acceptors (Lipinski definition) is 4. The smallest absolute Gasteiger partial charge is 0.325 e. The van der Waals surface area contributed by atoms with Gasteiger partial charge < -0.3 is 10.6 Å². The maximum absolute atomic E-state index is 13.0. The third-order valence-electron chi connectivity index (χ3n) is 5.17. The van der Waals surface area contributed by atoms with Gasteiger partial charge in [-0.1, -0.05) is 56.3 Å².